The lowest BCUT2D eigenvalue weighted by molar-refractivity contribution is -0.383. The van der Waals surface area contributed by atoms with Crippen molar-refractivity contribution in [2.75, 3.05) is 10.2 Å². The van der Waals surface area contributed by atoms with Gasteiger partial charge in [-0.1, -0.05) is 40.9 Å². The highest BCUT2D eigenvalue weighted by Gasteiger charge is 2.35. The first-order chi connectivity index (χ1) is 19.5. The van der Waals surface area contributed by atoms with Crippen molar-refractivity contribution in [1.29, 1.82) is 0 Å². The number of nitro benzene ring substituents is 1. The minimum Gasteiger partial charge on any atom is -0.449 e. The Labute approximate surface area is 246 Å². The van der Waals surface area contributed by atoms with Crippen molar-refractivity contribution in [2.45, 2.75) is 13.0 Å². The quantitative estimate of drug-likeness (QED) is 0.0842. The van der Waals surface area contributed by atoms with Crippen molar-refractivity contribution in [2.24, 2.45) is 0 Å². The zero-order valence-corrected chi connectivity index (χ0v) is 23.1. The fourth-order valence-electron chi connectivity index (χ4n) is 4.36. The zero-order valence-electron chi connectivity index (χ0n) is 20.8. The summed E-state index contributed by atoms with van der Waals surface area (Å²) >= 11 is 17.9. The summed E-state index contributed by atoms with van der Waals surface area (Å²) in [5.74, 6) is -2.85. The number of carbonyl (C=O) groups excluding carboxylic acids is 4. The molecule has 0 aromatic heterocycles. The number of amides is 3. The molecule has 0 fully saturated rings. The lowest BCUT2D eigenvalue weighted by Gasteiger charge is -2.27. The van der Waals surface area contributed by atoms with Crippen LogP contribution >= 0.6 is 34.8 Å². The van der Waals surface area contributed by atoms with Gasteiger partial charge in [0, 0.05) is 22.6 Å². The number of benzene rings is 4. The fourth-order valence-corrected chi connectivity index (χ4v) is 4.95. The van der Waals surface area contributed by atoms with Crippen LogP contribution in [-0.2, 0) is 9.53 Å². The van der Waals surface area contributed by atoms with Gasteiger partial charge in [0.1, 0.15) is 0 Å². The topological polar surface area (TPSA) is 136 Å². The number of anilines is 2. The van der Waals surface area contributed by atoms with Gasteiger partial charge in [-0.2, -0.15) is 0 Å². The second-order valence-corrected chi connectivity index (χ2v) is 10.1. The molecule has 4 aromatic carbocycles. The van der Waals surface area contributed by atoms with Crippen LogP contribution in [0.5, 0.6) is 0 Å². The molecule has 1 aliphatic heterocycles. The largest absolute Gasteiger partial charge is 0.449 e. The lowest BCUT2D eigenvalue weighted by Crippen LogP contribution is -2.40. The summed E-state index contributed by atoms with van der Waals surface area (Å²) in [6, 6.07) is 15.2. The molecular formula is C28H16Cl3N3O7. The number of hydrogen-bond donors (Lipinski definition) is 1. The Morgan fingerprint density at radius 3 is 2.20 bits per heavy atom. The van der Waals surface area contributed by atoms with Gasteiger partial charge in [0.15, 0.2) is 6.10 Å². The van der Waals surface area contributed by atoms with Gasteiger partial charge in [-0.25, -0.2) is 9.69 Å². The molecule has 10 nitrogen and oxygen atoms in total. The van der Waals surface area contributed by atoms with Crippen molar-refractivity contribution in [3.63, 3.8) is 0 Å². The maximum atomic E-state index is 13.3. The first kappa shape index (κ1) is 28.0. The number of halogens is 3. The molecule has 3 amide bonds. The highest BCUT2D eigenvalue weighted by molar-refractivity contribution is 6.44. The van der Waals surface area contributed by atoms with Gasteiger partial charge >= 0.3 is 5.97 Å². The van der Waals surface area contributed by atoms with Crippen molar-refractivity contribution in [1.82, 2.24) is 0 Å². The van der Waals surface area contributed by atoms with E-state index in [9.17, 15) is 29.3 Å². The average Bonchev–Trinajstić information content (AvgIpc) is 2.94. The summed E-state index contributed by atoms with van der Waals surface area (Å²) in [5, 5.41) is 14.9. The number of ether oxygens (including phenoxy) is 1. The fraction of sp³-hybridized carbons (Fsp3) is 0.0714. The highest BCUT2D eigenvalue weighted by atomic mass is 35.5. The molecule has 1 N–H and O–H groups in total. The van der Waals surface area contributed by atoms with Gasteiger partial charge in [0.25, 0.3) is 23.4 Å². The molecule has 5 rings (SSSR count). The van der Waals surface area contributed by atoms with E-state index in [1.807, 2.05) is 0 Å². The zero-order chi connectivity index (χ0) is 29.6. The number of imide groups is 1. The standard InChI is InChI=1S/C28H16Cl3N3O7/c1-13(25(35)32-22-12-20(30)19(29)11-21(22)31)41-28(38)14-5-7-15(8-6-14)33-26(36)17-4-2-3-16-23(34(39)40)10-9-18(24(16)17)27(33)37/h2-13H,1H3,(H,32,35)/t13-/m0/s1. The second-order valence-electron chi connectivity index (χ2n) is 8.89. The SMILES string of the molecule is C[C@H](OC(=O)c1ccc(N2C(=O)c3cccc4c([N+](=O)[O-])ccc(c34)C2=O)cc1)C(=O)Nc1cc(Cl)c(Cl)cc1Cl. The molecule has 206 valence electrons. The molecule has 1 heterocycles. The van der Waals surface area contributed by atoms with Crippen LogP contribution < -0.4 is 10.2 Å². The summed E-state index contributed by atoms with van der Waals surface area (Å²) in [4.78, 5) is 63.7. The molecule has 0 saturated heterocycles. The normalized spacial score (nSPS) is 13.2. The van der Waals surface area contributed by atoms with Gasteiger partial charge in [0.05, 0.1) is 42.3 Å². The molecule has 1 aliphatic rings. The van der Waals surface area contributed by atoms with Crippen molar-refractivity contribution in [3.8, 4) is 0 Å². The van der Waals surface area contributed by atoms with Gasteiger partial charge in [-0.05, 0) is 61.5 Å². The van der Waals surface area contributed by atoms with E-state index in [1.165, 1.54) is 73.7 Å². The van der Waals surface area contributed by atoms with Crippen LogP contribution in [0.4, 0.5) is 17.1 Å². The monoisotopic (exact) mass is 611 g/mol. The van der Waals surface area contributed by atoms with Crippen LogP contribution in [0.15, 0.2) is 66.7 Å². The third-order valence-electron chi connectivity index (χ3n) is 6.36. The minimum atomic E-state index is -1.22. The van der Waals surface area contributed by atoms with Crippen LogP contribution in [0.1, 0.15) is 38.0 Å². The molecule has 1 atom stereocenters. The molecule has 0 bridgehead atoms. The van der Waals surface area contributed by atoms with Crippen molar-refractivity contribution in [3.05, 3.63) is 109 Å². The average molecular weight is 613 g/mol. The van der Waals surface area contributed by atoms with E-state index in [0.29, 0.717) is 0 Å². The maximum Gasteiger partial charge on any atom is 0.338 e. The number of nitrogens with zero attached hydrogens (tertiary/aromatic N) is 2. The molecular weight excluding hydrogens is 597 g/mol. The van der Waals surface area contributed by atoms with E-state index in [1.54, 1.807) is 0 Å². The summed E-state index contributed by atoms with van der Waals surface area (Å²) in [7, 11) is 0. The van der Waals surface area contributed by atoms with E-state index < -0.39 is 34.7 Å². The number of carbonyl (C=O) groups is 4. The van der Waals surface area contributed by atoms with Crippen molar-refractivity contribution < 1.29 is 28.8 Å². The van der Waals surface area contributed by atoms with Gasteiger partial charge in [-0.3, -0.25) is 24.5 Å². The first-order valence-corrected chi connectivity index (χ1v) is 13.0. The van der Waals surface area contributed by atoms with Crippen molar-refractivity contribution >= 4 is 86.3 Å². The van der Waals surface area contributed by atoms with Crippen LogP contribution in [0, 0.1) is 10.1 Å². The number of nitrogens with one attached hydrogen (secondary N) is 1. The summed E-state index contributed by atoms with van der Waals surface area (Å²) in [6.07, 6.45) is -1.22. The van der Waals surface area contributed by atoms with Gasteiger partial charge < -0.3 is 10.1 Å². The van der Waals surface area contributed by atoms with Crippen LogP contribution in [0.2, 0.25) is 15.1 Å². The second kappa shape index (κ2) is 10.8. The van der Waals surface area contributed by atoms with Gasteiger partial charge in [0.2, 0.25) is 0 Å². The van der Waals surface area contributed by atoms with E-state index in [-0.39, 0.29) is 59.6 Å². The Morgan fingerprint density at radius 1 is 0.902 bits per heavy atom. The molecule has 0 aliphatic carbocycles. The van der Waals surface area contributed by atoms with E-state index in [2.05, 4.69) is 5.32 Å². The minimum absolute atomic E-state index is 0.0519. The summed E-state index contributed by atoms with van der Waals surface area (Å²) in [6.45, 7) is 1.36. The number of rotatable bonds is 6. The number of hydrogen-bond acceptors (Lipinski definition) is 7. The highest BCUT2D eigenvalue weighted by Crippen LogP contribution is 2.37. The number of esters is 1. The smallest absolute Gasteiger partial charge is 0.338 e. The molecule has 0 unspecified atom stereocenters. The molecule has 4 aromatic rings. The molecule has 41 heavy (non-hydrogen) atoms. The lowest BCUT2D eigenvalue weighted by atomic mass is 9.92. The summed E-state index contributed by atoms with van der Waals surface area (Å²) < 4.78 is 5.25. The molecule has 0 spiro atoms. The van der Waals surface area contributed by atoms with Crippen LogP contribution in [0.25, 0.3) is 10.8 Å². The Kier molecular flexibility index (Phi) is 7.39. The Balaban J connectivity index is 1.33. The van der Waals surface area contributed by atoms with E-state index >= 15 is 0 Å². The Morgan fingerprint density at radius 2 is 1.54 bits per heavy atom. The molecule has 0 radical (unpaired) electrons. The van der Waals surface area contributed by atoms with Gasteiger partial charge in [-0.15, -0.1) is 0 Å². The predicted molar refractivity (Wildman–Crippen MR) is 153 cm³/mol. The van der Waals surface area contributed by atoms with E-state index in [4.69, 9.17) is 39.5 Å². The predicted octanol–water partition coefficient (Wildman–Crippen LogP) is 6.69. The molecule has 13 heteroatoms. The third-order valence-corrected chi connectivity index (χ3v) is 7.40. The number of nitro groups is 1. The Bertz CT molecular complexity index is 1790. The van der Waals surface area contributed by atoms with Crippen LogP contribution in [-0.4, -0.2) is 34.7 Å². The molecule has 0 saturated carbocycles. The summed E-state index contributed by atoms with van der Waals surface area (Å²) in [5.41, 5.74) is 0.442. The van der Waals surface area contributed by atoms with E-state index in [0.717, 1.165) is 4.90 Å². The Hall–Kier alpha value is -4.51. The third kappa shape index (κ3) is 5.08. The van der Waals surface area contributed by atoms with Crippen LogP contribution in [0.3, 0.4) is 0 Å². The number of non-ortho nitro benzene ring substituents is 1. The maximum absolute atomic E-state index is 13.3. The first-order valence-electron chi connectivity index (χ1n) is 11.8.